The Morgan fingerprint density at radius 2 is 2.00 bits per heavy atom. The number of nitrogens with one attached hydrogen (secondary N) is 2. The molecule has 1 aromatic carbocycles. The maximum atomic E-state index is 12.4. The normalized spacial score (nSPS) is 17.7. The molecular formula is C17H25N3O3. The fraction of sp³-hybridized carbons (Fsp3) is 0.529. The first-order valence-corrected chi connectivity index (χ1v) is 8.22. The Kier molecular flexibility index (Phi) is 6.40. The number of anilines is 2. The number of amides is 3. The van der Waals surface area contributed by atoms with Gasteiger partial charge in [-0.25, -0.2) is 4.79 Å². The van der Waals surface area contributed by atoms with Crippen LogP contribution in [0, 0.1) is 0 Å². The molecule has 2 rings (SSSR count). The number of hydrogen-bond acceptors (Lipinski definition) is 3. The van der Waals surface area contributed by atoms with E-state index in [-0.39, 0.29) is 24.6 Å². The Hall–Kier alpha value is -2.08. The zero-order chi connectivity index (χ0) is 16.7. The van der Waals surface area contributed by atoms with Gasteiger partial charge in [0.1, 0.15) is 0 Å². The van der Waals surface area contributed by atoms with Crippen LogP contribution >= 0.6 is 0 Å². The van der Waals surface area contributed by atoms with Gasteiger partial charge in [0.2, 0.25) is 5.91 Å². The van der Waals surface area contributed by atoms with Crippen molar-refractivity contribution >= 4 is 23.3 Å². The van der Waals surface area contributed by atoms with Crippen molar-refractivity contribution in [3.8, 4) is 0 Å². The van der Waals surface area contributed by atoms with Crippen molar-refractivity contribution < 1.29 is 14.7 Å². The average molecular weight is 319 g/mol. The van der Waals surface area contributed by atoms with Crippen LogP contribution in [0.2, 0.25) is 0 Å². The number of rotatable bonds is 5. The van der Waals surface area contributed by atoms with Gasteiger partial charge in [-0.15, -0.1) is 0 Å². The van der Waals surface area contributed by atoms with Crippen LogP contribution in [0.5, 0.6) is 0 Å². The minimum Gasteiger partial charge on any atom is -0.394 e. The van der Waals surface area contributed by atoms with Crippen molar-refractivity contribution in [2.45, 2.75) is 45.1 Å². The summed E-state index contributed by atoms with van der Waals surface area (Å²) in [6.45, 7) is 2.59. The van der Waals surface area contributed by atoms with Gasteiger partial charge in [0.15, 0.2) is 0 Å². The molecular weight excluding hydrogens is 294 g/mol. The second kappa shape index (κ2) is 8.53. The minimum absolute atomic E-state index is 0.0134. The lowest BCUT2D eigenvalue weighted by Gasteiger charge is -2.34. The number of benzene rings is 1. The van der Waals surface area contributed by atoms with Crippen LogP contribution in [0.3, 0.4) is 0 Å². The lowest BCUT2D eigenvalue weighted by molar-refractivity contribution is -0.116. The van der Waals surface area contributed by atoms with Crippen LogP contribution in [0.1, 0.15) is 39.0 Å². The van der Waals surface area contributed by atoms with Crippen LogP contribution in [0.4, 0.5) is 16.2 Å². The zero-order valence-corrected chi connectivity index (χ0v) is 13.5. The number of carbonyl (C=O) groups excluding carboxylic acids is 2. The molecule has 23 heavy (non-hydrogen) atoms. The molecule has 0 aromatic heterocycles. The molecule has 1 atom stereocenters. The second-order valence-corrected chi connectivity index (χ2v) is 5.83. The van der Waals surface area contributed by atoms with Crippen molar-refractivity contribution in [2.75, 3.05) is 23.8 Å². The molecule has 1 heterocycles. The van der Waals surface area contributed by atoms with Crippen LogP contribution in [-0.4, -0.2) is 41.1 Å². The first-order valence-electron chi connectivity index (χ1n) is 8.22. The molecule has 0 spiro atoms. The van der Waals surface area contributed by atoms with Crippen LogP contribution in [0.25, 0.3) is 0 Å². The summed E-state index contributed by atoms with van der Waals surface area (Å²) in [6.07, 6.45) is 4.09. The molecule has 6 heteroatoms. The number of hydrogen-bond donors (Lipinski definition) is 3. The summed E-state index contributed by atoms with van der Waals surface area (Å²) < 4.78 is 0. The predicted molar refractivity (Wildman–Crippen MR) is 90.4 cm³/mol. The number of aliphatic hydroxyl groups excluding tert-OH is 1. The highest BCUT2D eigenvalue weighted by Gasteiger charge is 2.26. The molecule has 1 aliphatic heterocycles. The van der Waals surface area contributed by atoms with E-state index >= 15 is 0 Å². The minimum atomic E-state index is -0.208. The van der Waals surface area contributed by atoms with Gasteiger partial charge in [-0.3, -0.25) is 4.79 Å². The quantitative estimate of drug-likeness (QED) is 0.780. The van der Waals surface area contributed by atoms with Gasteiger partial charge in [0.05, 0.1) is 12.6 Å². The molecule has 126 valence electrons. The van der Waals surface area contributed by atoms with Crippen LogP contribution < -0.4 is 10.6 Å². The van der Waals surface area contributed by atoms with E-state index in [2.05, 4.69) is 10.6 Å². The zero-order valence-electron chi connectivity index (χ0n) is 13.5. The van der Waals surface area contributed by atoms with Gasteiger partial charge in [0, 0.05) is 24.3 Å². The van der Waals surface area contributed by atoms with Gasteiger partial charge in [0.25, 0.3) is 0 Å². The summed E-state index contributed by atoms with van der Waals surface area (Å²) in [5, 5.41) is 15.1. The summed E-state index contributed by atoms with van der Waals surface area (Å²) in [6, 6.07) is 6.78. The number of aliphatic hydroxyl groups is 1. The smallest absolute Gasteiger partial charge is 0.322 e. The van der Waals surface area contributed by atoms with Gasteiger partial charge in [-0.2, -0.15) is 0 Å². The Balaban J connectivity index is 1.99. The van der Waals surface area contributed by atoms with Gasteiger partial charge in [-0.1, -0.05) is 13.0 Å². The van der Waals surface area contributed by atoms with Crippen molar-refractivity contribution in [1.82, 2.24) is 4.90 Å². The summed E-state index contributed by atoms with van der Waals surface area (Å²) in [7, 11) is 0. The summed E-state index contributed by atoms with van der Waals surface area (Å²) in [4.78, 5) is 25.7. The topological polar surface area (TPSA) is 81.7 Å². The lowest BCUT2D eigenvalue weighted by Crippen LogP contribution is -2.47. The second-order valence-electron chi connectivity index (χ2n) is 5.83. The third kappa shape index (κ3) is 4.96. The molecule has 1 aromatic rings. The highest BCUT2D eigenvalue weighted by molar-refractivity contribution is 5.93. The monoisotopic (exact) mass is 319 g/mol. The summed E-state index contributed by atoms with van der Waals surface area (Å²) in [5.41, 5.74) is 1.30. The van der Waals surface area contributed by atoms with Crippen molar-refractivity contribution in [1.29, 1.82) is 0 Å². The molecule has 0 saturated carbocycles. The first-order chi connectivity index (χ1) is 11.1. The standard InChI is InChI=1S/C17H25N3O3/c1-2-6-16(22)18-13-7-5-8-14(11-13)19-17(23)20-10-4-3-9-15(20)12-21/h5,7-8,11,15,21H,2-4,6,9-10,12H2,1H3,(H,18,22)(H,19,23)/t15-/m0/s1. The molecule has 0 aliphatic carbocycles. The molecule has 3 N–H and O–H groups in total. The van der Waals surface area contributed by atoms with Crippen LogP contribution in [-0.2, 0) is 4.79 Å². The van der Waals surface area contributed by atoms with Gasteiger partial charge in [-0.05, 0) is 43.9 Å². The van der Waals surface area contributed by atoms with E-state index in [4.69, 9.17) is 0 Å². The molecule has 3 amide bonds. The molecule has 0 unspecified atom stereocenters. The Morgan fingerprint density at radius 1 is 1.26 bits per heavy atom. The fourth-order valence-corrected chi connectivity index (χ4v) is 2.78. The third-order valence-electron chi connectivity index (χ3n) is 3.97. The summed E-state index contributed by atoms with van der Waals surface area (Å²) in [5.74, 6) is -0.0349. The fourth-order valence-electron chi connectivity index (χ4n) is 2.78. The Morgan fingerprint density at radius 3 is 2.70 bits per heavy atom. The molecule has 6 nitrogen and oxygen atoms in total. The Labute approximate surface area is 136 Å². The number of carbonyl (C=O) groups is 2. The lowest BCUT2D eigenvalue weighted by atomic mass is 10.0. The molecule has 1 fully saturated rings. The van der Waals surface area contributed by atoms with Crippen molar-refractivity contribution in [3.63, 3.8) is 0 Å². The molecule has 0 bridgehead atoms. The van der Waals surface area contributed by atoms with Gasteiger partial charge >= 0.3 is 6.03 Å². The number of piperidine rings is 1. The Bertz CT molecular complexity index is 548. The van der Waals surface area contributed by atoms with Crippen LogP contribution in [0.15, 0.2) is 24.3 Å². The van der Waals surface area contributed by atoms with E-state index in [0.717, 1.165) is 25.7 Å². The number of urea groups is 1. The average Bonchev–Trinajstić information content (AvgIpc) is 2.55. The van der Waals surface area contributed by atoms with E-state index < -0.39 is 0 Å². The molecule has 0 radical (unpaired) electrons. The first kappa shape index (κ1) is 17.3. The predicted octanol–water partition coefficient (Wildman–Crippen LogP) is 2.80. The van der Waals surface area contributed by atoms with Gasteiger partial charge < -0.3 is 20.6 Å². The highest BCUT2D eigenvalue weighted by atomic mass is 16.3. The van der Waals surface area contributed by atoms with Crippen molar-refractivity contribution in [3.05, 3.63) is 24.3 Å². The molecule has 1 aliphatic rings. The number of likely N-dealkylation sites (tertiary alicyclic amines) is 1. The van der Waals surface area contributed by atoms with Crippen molar-refractivity contribution in [2.24, 2.45) is 0 Å². The van der Waals surface area contributed by atoms with E-state index in [1.54, 1.807) is 29.2 Å². The number of nitrogens with zero attached hydrogens (tertiary/aromatic N) is 1. The molecule has 1 saturated heterocycles. The van der Waals surface area contributed by atoms with E-state index in [1.165, 1.54) is 0 Å². The SMILES string of the molecule is CCCC(=O)Nc1cccc(NC(=O)N2CCCC[C@H]2CO)c1. The summed E-state index contributed by atoms with van der Waals surface area (Å²) >= 11 is 0. The maximum absolute atomic E-state index is 12.4. The van der Waals surface area contributed by atoms with E-state index in [0.29, 0.717) is 24.3 Å². The highest BCUT2D eigenvalue weighted by Crippen LogP contribution is 2.20. The third-order valence-corrected chi connectivity index (χ3v) is 3.97. The maximum Gasteiger partial charge on any atom is 0.322 e. The van der Waals surface area contributed by atoms with E-state index in [1.807, 2.05) is 6.92 Å². The van der Waals surface area contributed by atoms with E-state index in [9.17, 15) is 14.7 Å². The largest absolute Gasteiger partial charge is 0.394 e.